The van der Waals surface area contributed by atoms with Crippen LogP contribution in [0.2, 0.25) is 5.02 Å². The van der Waals surface area contributed by atoms with Crippen molar-refractivity contribution in [3.8, 4) is 27.5 Å². The number of aryl methyl sites for hydroxylation is 1. The van der Waals surface area contributed by atoms with Gasteiger partial charge in [0.1, 0.15) is 0 Å². The van der Waals surface area contributed by atoms with E-state index in [2.05, 4.69) is 18.4 Å². The lowest BCUT2D eigenvalue weighted by Gasteiger charge is -2.07. The Labute approximate surface area is 173 Å². The molecule has 0 saturated carbocycles. The van der Waals surface area contributed by atoms with E-state index in [4.69, 9.17) is 16.7 Å². The zero-order valence-corrected chi connectivity index (χ0v) is 17.6. The molecule has 0 N–H and O–H groups in total. The van der Waals surface area contributed by atoms with Gasteiger partial charge < -0.3 is 0 Å². The summed E-state index contributed by atoms with van der Waals surface area (Å²) in [4.78, 5) is 1.38. The Bertz CT molecular complexity index is 1240. The van der Waals surface area contributed by atoms with Crippen molar-refractivity contribution in [2.24, 2.45) is 0 Å². The second-order valence-electron chi connectivity index (χ2n) is 6.59. The molecule has 28 heavy (non-hydrogen) atoms. The molecule has 0 saturated heterocycles. The van der Waals surface area contributed by atoms with Crippen LogP contribution in [0.5, 0.6) is 0 Å². The molecular weight excluding hydrogens is 412 g/mol. The fourth-order valence-corrected chi connectivity index (χ4v) is 4.57. The van der Waals surface area contributed by atoms with E-state index < -0.39 is 9.84 Å². The normalized spacial score (nSPS) is 11.7. The second-order valence-corrected chi connectivity index (χ2v) is 9.95. The van der Waals surface area contributed by atoms with Crippen molar-refractivity contribution < 1.29 is 8.42 Å². The number of nitrogens with zero attached hydrogens (tertiary/aromatic N) is 2. The molecule has 0 unspecified atom stereocenters. The van der Waals surface area contributed by atoms with Gasteiger partial charge in [0, 0.05) is 16.8 Å². The molecule has 142 valence electrons. The molecule has 4 rings (SSSR count). The fourth-order valence-electron chi connectivity index (χ4n) is 2.92. The molecular formula is C21H17ClN2O2S2. The van der Waals surface area contributed by atoms with Gasteiger partial charge in [-0.3, -0.25) is 0 Å². The Morgan fingerprint density at radius 3 is 2.25 bits per heavy atom. The molecule has 0 aliphatic rings. The molecule has 0 spiro atoms. The zero-order chi connectivity index (χ0) is 19.9. The van der Waals surface area contributed by atoms with Crippen molar-refractivity contribution >= 4 is 32.8 Å². The first-order valence-corrected chi connectivity index (χ1v) is 11.7. The van der Waals surface area contributed by atoms with E-state index >= 15 is 0 Å². The smallest absolute Gasteiger partial charge is 0.175 e. The van der Waals surface area contributed by atoms with E-state index in [0.717, 1.165) is 27.5 Å². The molecule has 0 bridgehead atoms. The summed E-state index contributed by atoms with van der Waals surface area (Å²) in [6.07, 6.45) is 1.20. The van der Waals surface area contributed by atoms with Crippen molar-refractivity contribution in [1.29, 1.82) is 0 Å². The Kier molecular flexibility index (Phi) is 4.87. The summed E-state index contributed by atoms with van der Waals surface area (Å²) in [7, 11) is -3.24. The number of rotatable bonds is 4. The van der Waals surface area contributed by atoms with E-state index in [1.54, 1.807) is 35.6 Å². The fraction of sp³-hybridized carbons (Fsp3) is 0.0952. The summed E-state index contributed by atoms with van der Waals surface area (Å²) >= 11 is 7.66. The van der Waals surface area contributed by atoms with Crippen molar-refractivity contribution in [1.82, 2.24) is 9.78 Å². The van der Waals surface area contributed by atoms with Crippen LogP contribution in [-0.2, 0) is 9.84 Å². The summed E-state index contributed by atoms with van der Waals surface area (Å²) in [6.45, 7) is 2.06. The Morgan fingerprint density at radius 2 is 1.68 bits per heavy atom. The first kappa shape index (κ1) is 18.9. The van der Waals surface area contributed by atoms with Crippen molar-refractivity contribution in [2.45, 2.75) is 11.8 Å². The third kappa shape index (κ3) is 3.76. The molecule has 0 amide bonds. The van der Waals surface area contributed by atoms with Gasteiger partial charge in [-0.2, -0.15) is 5.10 Å². The molecule has 2 aromatic carbocycles. The molecule has 0 fully saturated rings. The van der Waals surface area contributed by atoms with Gasteiger partial charge in [-0.05, 0) is 66.4 Å². The van der Waals surface area contributed by atoms with Gasteiger partial charge in [-0.15, -0.1) is 11.3 Å². The average molecular weight is 429 g/mol. The highest BCUT2D eigenvalue weighted by Crippen LogP contribution is 2.33. The highest BCUT2D eigenvalue weighted by atomic mass is 35.5. The van der Waals surface area contributed by atoms with Crippen molar-refractivity contribution in [2.75, 3.05) is 6.26 Å². The van der Waals surface area contributed by atoms with E-state index in [9.17, 15) is 8.42 Å². The van der Waals surface area contributed by atoms with Crippen molar-refractivity contribution in [3.05, 3.63) is 76.6 Å². The van der Waals surface area contributed by atoms with Crippen LogP contribution in [0, 0.1) is 6.92 Å². The lowest BCUT2D eigenvalue weighted by molar-refractivity contribution is 0.602. The molecule has 2 aromatic heterocycles. The summed E-state index contributed by atoms with van der Waals surface area (Å²) < 4.78 is 25.4. The predicted molar refractivity (Wildman–Crippen MR) is 115 cm³/mol. The molecule has 0 aliphatic heterocycles. The standard InChI is InChI=1S/C21H17ClN2O2S2/c1-14-11-21(27-13-14)20-12-19(15-3-5-16(22)6-4-15)23-24(20)17-7-9-18(10-8-17)28(2,25)26/h3-13H,1-2H3. The third-order valence-electron chi connectivity index (χ3n) is 4.34. The molecule has 4 nitrogen and oxygen atoms in total. The van der Waals surface area contributed by atoms with Gasteiger partial charge >= 0.3 is 0 Å². The van der Waals surface area contributed by atoms with Gasteiger partial charge in [0.05, 0.1) is 26.8 Å². The quantitative estimate of drug-likeness (QED) is 0.423. The molecule has 2 heterocycles. The number of halogens is 1. The molecule has 7 heteroatoms. The molecule has 0 aliphatic carbocycles. The van der Waals surface area contributed by atoms with Crippen molar-refractivity contribution in [3.63, 3.8) is 0 Å². The zero-order valence-electron chi connectivity index (χ0n) is 15.3. The summed E-state index contributed by atoms with van der Waals surface area (Å²) in [6, 6.07) is 18.5. The Hall–Kier alpha value is -2.41. The first-order chi connectivity index (χ1) is 13.3. The van der Waals surface area contributed by atoms with Gasteiger partial charge in [0.15, 0.2) is 9.84 Å². The highest BCUT2D eigenvalue weighted by Gasteiger charge is 2.15. The van der Waals surface area contributed by atoms with Crippen LogP contribution in [0.4, 0.5) is 0 Å². The van der Waals surface area contributed by atoms with Gasteiger partial charge in [-0.1, -0.05) is 23.7 Å². The van der Waals surface area contributed by atoms with Crippen LogP contribution in [0.3, 0.4) is 0 Å². The minimum Gasteiger partial charge on any atom is -0.232 e. The lowest BCUT2D eigenvalue weighted by Crippen LogP contribution is -2.01. The Morgan fingerprint density at radius 1 is 1.00 bits per heavy atom. The Balaban J connectivity index is 1.86. The number of thiophene rings is 1. The van der Waals surface area contributed by atoms with Gasteiger partial charge in [0.25, 0.3) is 0 Å². The van der Waals surface area contributed by atoms with Crippen LogP contribution in [-0.4, -0.2) is 24.5 Å². The minimum absolute atomic E-state index is 0.287. The number of sulfone groups is 1. The molecule has 0 atom stereocenters. The van der Waals surface area contributed by atoms with Crippen LogP contribution in [0.1, 0.15) is 5.56 Å². The number of hydrogen-bond acceptors (Lipinski definition) is 4. The van der Waals surface area contributed by atoms with E-state index in [-0.39, 0.29) is 4.90 Å². The molecule has 0 radical (unpaired) electrons. The van der Waals surface area contributed by atoms with Crippen LogP contribution in [0.15, 0.2) is 70.9 Å². The van der Waals surface area contributed by atoms with Gasteiger partial charge in [0.2, 0.25) is 0 Å². The summed E-state index contributed by atoms with van der Waals surface area (Å²) in [5.74, 6) is 0. The predicted octanol–water partition coefficient (Wildman–Crippen LogP) is 5.63. The monoisotopic (exact) mass is 428 g/mol. The van der Waals surface area contributed by atoms with Crippen LogP contribution >= 0.6 is 22.9 Å². The van der Waals surface area contributed by atoms with Crippen LogP contribution in [0.25, 0.3) is 27.5 Å². The lowest BCUT2D eigenvalue weighted by atomic mass is 10.1. The SMILES string of the molecule is Cc1csc(-c2cc(-c3ccc(Cl)cc3)nn2-c2ccc(S(C)(=O)=O)cc2)c1. The highest BCUT2D eigenvalue weighted by molar-refractivity contribution is 7.90. The number of hydrogen-bond donors (Lipinski definition) is 0. The maximum Gasteiger partial charge on any atom is 0.175 e. The minimum atomic E-state index is -3.24. The van der Waals surface area contributed by atoms with E-state index in [1.165, 1.54) is 11.8 Å². The summed E-state index contributed by atoms with van der Waals surface area (Å²) in [5.41, 5.74) is 4.73. The number of aromatic nitrogens is 2. The molecule has 4 aromatic rings. The largest absolute Gasteiger partial charge is 0.232 e. The third-order valence-corrected chi connectivity index (χ3v) is 6.79. The summed E-state index contributed by atoms with van der Waals surface area (Å²) in [5, 5.41) is 7.56. The second kappa shape index (κ2) is 7.20. The average Bonchev–Trinajstić information content (AvgIpc) is 3.28. The van der Waals surface area contributed by atoms with E-state index in [1.807, 2.05) is 35.0 Å². The topological polar surface area (TPSA) is 52.0 Å². The van der Waals surface area contributed by atoms with Gasteiger partial charge in [-0.25, -0.2) is 13.1 Å². The maximum absolute atomic E-state index is 11.8. The number of benzene rings is 2. The first-order valence-electron chi connectivity index (χ1n) is 8.53. The maximum atomic E-state index is 11.8. The van der Waals surface area contributed by atoms with Crippen LogP contribution < -0.4 is 0 Å². The van der Waals surface area contributed by atoms with E-state index in [0.29, 0.717) is 5.02 Å².